The molecule has 0 aromatic heterocycles. The lowest BCUT2D eigenvalue weighted by atomic mass is 10.2. The standard InChI is InChI=1S/C13H11FN2O3/c14-11-4-2-1-3-9(11)8-19-13-6-5-10(16(17)18)7-12(13)15/h1-7H,8,15H2. The van der Waals surface area contributed by atoms with E-state index in [1.54, 1.807) is 18.2 Å². The second-order valence-corrected chi connectivity index (χ2v) is 3.86. The van der Waals surface area contributed by atoms with Crippen LogP contribution in [-0.2, 0) is 6.61 Å². The van der Waals surface area contributed by atoms with Crippen molar-refractivity contribution in [3.05, 3.63) is 64.0 Å². The van der Waals surface area contributed by atoms with Gasteiger partial charge in [-0.15, -0.1) is 0 Å². The number of rotatable bonds is 4. The molecule has 2 N–H and O–H groups in total. The first-order chi connectivity index (χ1) is 9.08. The van der Waals surface area contributed by atoms with Gasteiger partial charge in [0.05, 0.1) is 10.6 Å². The lowest BCUT2D eigenvalue weighted by Gasteiger charge is -2.09. The summed E-state index contributed by atoms with van der Waals surface area (Å²) in [5, 5.41) is 10.5. The van der Waals surface area contributed by atoms with E-state index in [2.05, 4.69) is 0 Å². The lowest BCUT2D eigenvalue weighted by molar-refractivity contribution is -0.384. The maximum Gasteiger partial charge on any atom is 0.271 e. The molecule has 2 aromatic rings. The van der Waals surface area contributed by atoms with E-state index in [4.69, 9.17) is 10.5 Å². The van der Waals surface area contributed by atoms with Crippen molar-refractivity contribution in [3.8, 4) is 5.75 Å². The molecule has 0 atom stereocenters. The molecule has 19 heavy (non-hydrogen) atoms. The van der Waals surface area contributed by atoms with Crippen LogP contribution in [0, 0.1) is 15.9 Å². The average molecular weight is 262 g/mol. The van der Waals surface area contributed by atoms with Gasteiger partial charge in [0.25, 0.3) is 5.69 Å². The van der Waals surface area contributed by atoms with Crippen LogP contribution in [0.15, 0.2) is 42.5 Å². The van der Waals surface area contributed by atoms with E-state index in [-0.39, 0.29) is 29.5 Å². The van der Waals surface area contributed by atoms with E-state index >= 15 is 0 Å². The van der Waals surface area contributed by atoms with Crippen LogP contribution in [0.2, 0.25) is 0 Å². The minimum atomic E-state index is -0.545. The van der Waals surface area contributed by atoms with Crippen LogP contribution >= 0.6 is 0 Å². The number of anilines is 1. The van der Waals surface area contributed by atoms with Crippen molar-refractivity contribution in [1.29, 1.82) is 0 Å². The summed E-state index contributed by atoms with van der Waals surface area (Å²) in [6.07, 6.45) is 0. The molecule has 0 saturated heterocycles. The Labute approximate surface area is 108 Å². The van der Waals surface area contributed by atoms with Gasteiger partial charge in [0, 0.05) is 17.7 Å². The maximum atomic E-state index is 13.4. The summed E-state index contributed by atoms with van der Waals surface area (Å²) in [5.41, 5.74) is 6.06. The Bertz CT molecular complexity index is 617. The Balaban J connectivity index is 2.12. The molecular weight excluding hydrogens is 251 g/mol. The van der Waals surface area contributed by atoms with E-state index in [1.165, 1.54) is 24.3 Å². The zero-order valence-electron chi connectivity index (χ0n) is 9.88. The Morgan fingerprint density at radius 2 is 2.00 bits per heavy atom. The summed E-state index contributed by atoms with van der Waals surface area (Å²) in [6.45, 7) is 0.00862. The van der Waals surface area contributed by atoms with Crippen molar-refractivity contribution < 1.29 is 14.1 Å². The van der Waals surface area contributed by atoms with Crippen molar-refractivity contribution in [2.45, 2.75) is 6.61 Å². The molecule has 0 aliphatic rings. The molecule has 0 bridgehead atoms. The molecule has 0 saturated carbocycles. The third kappa shape index (κ3) is 2.98. The fourth-order valence-electron chi connectivity index (χ4n) is 1.55. The number of nitrogens with zero attached hydrogens (tertiary/aromatic N) is 1. The Hall–Kier alpha value is -2.63. The van der Waals surface area contributed by atoms with E-state index in [1.807, 2.05) is 0 Å². The average Bonchev–Trinajstić information content (AvgIpc) is 2.39. The molecule has 2 aromatic carbocycles. The van der Waals surface area contributed by atoms with Crippen molar-refractivity contribution in [1.82, 2.24) is 0 Å². The fourth-order valence-corrected chi connectivity index (χ4v) is 1.55. The van der Waals surface area contributed by atoms with Crippen LogP contribution in [0.25, 0.3) is 0 Å². The molecule has 0 aliphatic heterocycles. The Morgan fingerprint density at radius 3 is 2.63 bits per heavy atom. The molecule has 0 spiro atoms. The van der Waals surface area contributed by atoms with E-state index in [9.17, 15) is 14.5 Å². The quantitative estimate of drug-likeness (QED) is 0.522. The molecule has 0 radical (unpaired) electrons. The third-order valence-corrected chi connectivity index (χ3v) is 2.55. The molecule has 2 rings (SSSR count). The highest BCUT2D eigenvalue weighted by Gasteiger charge is 2.10. The predicted octanol–water partition coefficient (Wildman–Crippen LogP) is 2.90. The molecule has 0 unspecified atom stereocenters. The summed E-state index contributed by atoms with van der Waals surface area (Å²) in [7, 11) is 0. The first-order valence-corrected chi connectivity index (χ1v) is 5.48. The number of ether oxygens (including phenoxy) is 1. The number of nitro groups is 1. The summed E-state index contributed by atoms with van der Waals surface area (Å²) in [5.74, 6) is -0.0863. The zero-order valence-corrected chi connectivity index (χ0v) is 9.88. The molecule has 0 amide bonds. The van der Waals surface area contributed by atoms with Gasteiger partial charge in [-0.2, -0.15) is 0 Å². The summed E-state index contributed by atoms with van der Waals surface area (Å²) < 4.78 is 18.7. The normalized spacial score (nSPS) is 10.2. The van der Waals surface area contributed by atoms with Crippen LogP contribution in [0.3, 0.4) is 0 Å². The molecule has 6 heteroatoms. The zero-order chi connectivity index (χ0) is 13.8. The van der Waals surface area contributed by atoms with E-state index < -0.39 is 4.92 Å². The van der Waals surface area contributed by atoms with Gasteiger partial charge in [-0.05, 0) is 12.1 Å². The number of nitrogens with two attached hydrogens (primary N) is 1. The SMILES string of the molecule is Nc1cc([N+](=O)[O-])ccc1OCc1ccccc1F. The van der Waals surface area contributed by atoms with Gasteiger partial charge < -0.3 is 10.5 Å². The number of nitrogen functional groups attached to an aromatic ring is 1. The van der Waals surface area contributed by atoms with Crippen molar-refractivity contribution >= 4 is 11.4 Å². The van der Waals surface area contributed by atoms with Gasteiger partial charge in [0.1, 0.15) is 18.2 Å². The lowest BCUT2D eigenvalue weighted by Crippen LogP contribution is -2.01. The topological polar surface area (TPSA) is 78.4 Å². The number of hydrogen-bond acceptors (Lipinski definition) is 4. The Morgan fingerprint density at radius 1 is 1.26 bits per heavy atom. The smallest absolute Gasteiger partial charge is 0.271 e. The van der Waals surface area contributed by atoms with Gasteiger partial charge >= 0.3 is 0 Å². The van der Waals surface area contributed by atoms with Crippen LogP contribution < -0.4 is 10.5 Å². The molecule has 98 valence electrons. The molecule has 5 nitrogen and oxygen atoms in total. The fraction of sp³-hybridized carbons (Fsp3) is 0.0769. The number of halogens is 1. The second kappa shape index (κ2) is 5.34. The summed E-state index contributed by atoms with van der Waals surface area (Å²) in [4.78, 5) is 10.0. The van der Waals surface area contributed by atoms with Crippen molar-refractivity contribution in [2.24, 2.45) is 0 Å². The first kappa shape index (κ1) is 12.8. The van der Waals surface area contributed by atoms with E-state index in [0.717, 1.165) is 0 Å². The minimum Gasteiger partial charge on any atom is -0.487 e. The van der Waals surface area contributed by atoms with Gasteiger partial charge in [-0.25, -0.2) is 4.39 Å². The number of non-ortho nitro benzene ring substituents is 1. The maximum absolute atomic E-state index is 13.4. The monoisotopic (exact) mass is 262 g/mol. The van der Waals surface area contributed by atoms with Crippen LogP contribution in [-0.4, -0.2) is 4.92 Å². The third-order valence-electron chi connectivity index (χ3n) is 2.55. The summed E-state index contributed by atoms with van der Waals surface area (Å²) >= 11 is 0. The molecule has 0 aliphatic carbocycles. The largest absolute Gasteiger partial charge is 0.487 e. The minimum absolute atomic E-state index is 0.00862. The van der Waals surface area contributed by atoms with Crippen molar-refractivity contribution in [2.75, 3.05) is 5.73 Å². The molecule has 0 fully saturated rings. The highest BCUT2D eigenvalue weighted by molar-refractivity contribution is 5.58. The Kier molecular flexibility index (Phi) is 3.61. The predicted molar refractivity (Wildman–Crippen MR) is 68.2 cm³/mol. The number of benzene rings is 2. The van der Waals surface area contributed by atoms with Crippen LogP contribution in [0.4, 0.5) is 15.8 Å². The highest BCUT2D eigenvalue weighted by atomic mass is 19.1. The molecule has 0 heterocycles. The van der Waals surface area contributed by atoms with Crippen LogP contribution in [0.5, 0.6) is 5.75 Å². The number of nitro benzene ring substituents is 1. The second-order valence-electron chi connectivity index (χ2n) is 3.86. The first-order valence-electron chi connectivity index (χ1n) is 5.48. The van der Waals surface area contributed by atoms with Crippen molar-refractivity contribution in [3.63, 3.8) is 0 Å². The van der Waals surface area contributed by atoms with Crippen LogP contribution in [0.1, 0.15) is 5.56 Å². The highest BCUT2D eigenvalue weighted by Crippen LogP contribution is 2.27. The van der Waals surface area contributed by atoms with Gasteiger partial charge in [-0.1, -0.05) is 18.2 Å². The van der Waals surface area contributed by atoms with Gasteiger partial charge in [-0.3, -0.25) is 10.1 Å². The number of hydrogen-bond donors (Lipinski definition) is 1. The molecular formula is C13H11FN2O3. The van der Waals surface area contributed by atoms with E-state index in [0.29, 0.717) is 5.56 Å². The van der Waals surface area contributed by atoms with Gasteiger partial charge in [0.15, 0.2) is 0 Å². The van der Waals surface area contributed by atoms with Gasteiger partial charge in [0.2, 0.25) is 0 Å². The summed E-state index contributed by atoms with van der Waals surface area (Å²) in [6, 6.07) is 10.1.